The molecule has 50 heavy (non-hydrogen) atoms. The summed E-state index contributed by atoms with van der Waals surface area (Å²) in [7, 11) is 0. The van der Waals surface area contributed by atoms with Crippen molar-refractivity contribution in [2.24, 2.45) is 9.98 Å². The highest BCUT2D eigenvalue weighted by molar-refractivity contribution is 6.34. The zero-order valence-electron chi connectivity index (χ0n) is 31.1. The van der Waals surface area contributed by atoms with E-state index in [0.717, 1.165) is 95.5 Å². The highest BCUT2D eigenvalue weighted by Crippen LogP contribution is 2.40. The van der Waals surface area contributed by atoms with Gasteiger partial charge in [0.2, 0.25) is 0 Å². The highest BCUT2D eigenvalue weighted by Gasteiger charge is 2.34. The van der Waals surface area contributed by atoms with Gasteiger partial charge in [0, 0.05) is 47.0 Å². The van der Waals surface area contributed by atoms with Gasteiger partial charge in [0.05, 0.1) is 28.9 Å². The van der Waals surface area contributed by atoms with Gasteiger partial charge in [0.15, 0.2) is 0 Å². The normalized spacial score (nSPS) is 23.0. The summed E-state index contributed by atoms with van der Waals surface area (Å²) in [5, 5.41) is 11.7. The van der Waals surface area contributed by atoms with E-state index in [-0.39, 0.29) is 12.1 Å². The number of aryl methyl sites for hydroxylation is 6. The van der Waals surface area contributed by atoms with Crippen LogP contribution in [0.4, 0.5) is 0 Å². The number of unbranched alkanes of at least 4 members (excludes halogenated alkanes) is 2. The fourth-order valence-electron chi connectivity index (χ4n) is 8.14. The quantitative estimate of drug-likeness (QED) is 0.173. The van der Waals surface area contributed by atoms with Gasteiger partial charge in [-0.15, -0.1) is 0 Å². The van der Waals surface area contributed by atoms with Crippen LogP contribution < -0.4 is 16.0 Å². The van der Waals surface area contributed by atoms with Gasteiger partial charge in [-0.2, -0.15) is 0 Å². The number of hydrogen-bond acceptors (Lipinski definition) is 5. The van der Waals surface area contributed by atoms with Gasteiger partial charge >= 0.3 is 0 Å². The molecule has 0 radical (unpaired) electrons. The van der Waals surface area contributed by atoms with Crippen molar-refractivity contribution in [1.82, 2.24) is 20.9 Å². The lowest BCUT2D eigenvalue weighted by molar-refractivity contribution is 0.724. The van der Waals surface area contributed by atoms with Crippen molar-refractivity contribution in [1.29, 1.82) is 0 Å². The van der Waals surface area contributed by atoms with Crippen LogP contribution in [0.15, 0.2) is 93.5 Å². The molecule has 6 nitrogen and oxygen atoms in total. The molecule has 5 heterocycles. The van der Waals surface area contributed by atoms with Gasteiger partial charge in [-0.25, -0.2) is 0 Å². The molecular weight excluding hydrogens is 613 g/mol. The summed E-state index contributed by atoms with van der Waals surface area (Å²) in [4.78, 5) is 14.7. The molecule has 258 valence electrons. The van der Waals surface area contributed by atoms with E-state index < -0.39 is 0 Å². The lowest BCUT2D eigenvalue weighted by Crippen LogP contribution is -2.31. The van der Waals surface area contributed by atoms with Gasteiger partial charge in [-0.05, 0) is 118 Å². The average molecular weight is 665 g/mol. The molecule has 2 unspecified atom stereocenters. The fraction of sp³-hybridized carbons (Fsp3) is 0.364. The van der Waals surface area contributed by atoms with E-state index in [1.165, 1.54) is 44.5 Å². The van der Waals surface area contributed by atoms with E-state index in [1.807, 2.05) is 0 Å². The summed E-state index contributed by atoms with van der Waals surface area (Å²) in [5.41, 5.74) is 20.9. The molecule has 0 fully saturated rings. The molecule has 2 atom stereocenters. The molecular formula is C44H52N6. The number of allylic oxidation sites excluding steroid dienone is 3. The molecule has 0 aliphatic carbocycles. The van der Waals surface area contributed by atoms with Crippen LogP contribution in [0, 0.1) is 41.5 Å². The van der Waals surface area contributed by atoms with Gasteiger partial charge in [-0.1, -0.05) is 68.2 Å². The topological polar surface area (TPSA) is 76.6 Å². The van der Waals surface area contributed by atoms with Crippen LogP contribution in [0.1, 0.15) is 101 Å². The first-order valence-corrected chi connectivity index (χ1v) is 18.5. The standard InChI is InChI=1S/C44H52N6/c1-9-11-17-45-37-23-35-31-13-16-34(47-31)42(40-29(7)21-26(4)22-30(40)8)44-38(46-18-12-10-2)24-36(50-44)32-14-15-33(48-32)41(43(37)49-35)39-27(5)19-25(3)20-28(39)6/h13-16,19-24,31,36,46-49H,9-12,17-18H2,1-8H3/b42-34-,43-41+,45-37?. The third-order valence-corrected chi connectivity index (χ3v) is 10.3. The van der Waals surface area contributed by atoms with Crippen molar-refractivity contribution >= 4 is 22.6 Å². The summed E-state index contributed by atoms with van der Waals surface area (Å²) < 4.78 is 0. The van der Waals surface area contributed by atoms with Crippen molar-refractivity contribution < 1.29 is 0 Å². The number of fused-ring (bicyclic) bond motifs is 9. The molecule has 0 saturated carbocycles. The smallest absolute Gasteiger partial charge is 0.111 e. The summed E-state index contributed by atoms with van der Waals surface area (Å²) in [6, 6.07) is 13.5. The molecule has 4 aliphatic rings. The second-order valence-electron chi connectivity index (χ2n) is 14.5. The van der Waals surface area contributed by atoms with Crippen molar-refractivity contribution in [3.05, 3.63) is 139 Å². The van der Waals surface area contributed by atoms with Crippen LogP contribution in [0.2, 0.25) is 0 Å². The molecule has 4 N–H and O–H groups in total. The van der Waals surface area contributed by atoms with E-state index in [0.29, 0.717) is 0 Å². The van der Waals surface area contributed by atoms with Gasteiger partial charge in [-0.3, -0.25) is 9.98 Å². The minimum Gasteiger partial charge on any atom is -0.383 e. The van der Waals surface area contributed by atoms with E-state index in [1.54, 1.807) is 0 Å². The fourth-order valence-corrected chi connectivity index (χ4v) is 8.14. The van der Waals surface area contributed by atoms with E-state index in [2.05, 4.69) is 137 Å². The Hall–Kier alpha value is -4.84. The number of aromatic amines is 1. The van der Waals surface area contributed by atoms with Crippen molar-refractivity contribution in [3.8, 4) is 0 Å². The minimum absolute atomic E-state index is 0.0400. The first-order valence-electron chi connectivity index (χ1n) is 18.5. The number of aliphatic imine (C=N–C) groups is 2. The van der Waals surface area contributed by atoms with Gasteiger partial charge < -0.3 is 20.9 Å². The first kappa shape index (κ1) is 33.6. The third kappa shape index (κ3) is 6.21. The zero-order valence-corrected chi connectivity index (χ0v) is 31.1. The van der Waals surface area contributed by atoms with Crippen molar-refractivity contribution in [2.75, 3.05) is 13.1 Å². The second kappa shape index (κ2) is 13.8. The SMILES string of the molecule is CCCCN=C1C=C2N/C1=C(/c1c(C)cc(C)cc1C)c1ccc([nH]1)C1C=C(NCCCC)C(=N1)/C(c1c(C)cc(C)cc1C)=C1/C=CC2N1. The molecule has 0 amide bonds. The lowest BCUT2D eigenvalue weighted by atomic mass is 9.89. The Labute approximate surface area is 298 Å². The molecule has 0 spiro atoms. The number of hydrogen-bond donors (Lipinski definition) is 4. The van der Waals surface area contributed by atoms with E-state index in [9.17, 15) is 0 Å². The molecule has 4 aliphatic heterocycles. The molecule has 6 heteroatoms. The Balaban J connectivity index is 1.49. The van der Waals surface area contributed by atoms with Gasteiger partial charge in [0.25, 0.3) is 0 Å². The highest BCUT2D eigenvalue weighted by atomic mass is 15.1. The largest absolute Gasteiger partial charge is 0.383 e. The maximum Gasteiger partial charge on any atom is 0.111 e. The number of nitrogens with zero attached hydrogens (tertiary/aromatic N) is 2. The predicted octanol–water partition coefficient (Wildman–Crippen LogP) is 9.08. The Morgan fingerprint density at radius 2 is 1.48 bits per heavy atom. The Morgan fingerprint density at radius 3 is 2.14 bits per heavy atom. The van der Waals surface area contributed by atoms with Crippen LogP contribution in [-0.2, 0) is 0 Å². The Bertz CT molecular complexity index is 2030. The Morgan fingerprint density at radius 1 is 0.820 bits per heavy atom. The molecule has 0 saturated heterocycles. The zero-order chi connectivity index (χ0) is 35.1. The summed E-state index contributed by atoms with van der Waals surface area (Å²) in [6.07, 6.45) is 13.5. The molecule has 2 aromatic carbocycles. The lowest BCUT2D eigenvalue weighted by Gasteiger charge is -2.22. The molecule has 1 aromatic heterocycles. The maximum atomic E-state index is 5.55. The van der Waals surface area contributed by atoms with Crippen molar-refractivity contribution in [2.45, 2.75) is 93.2 Å². The Kier molecular flexibility index (Phi) is 9.30. The summed E-state index contributed by atoms with van der Waals surface area (Å²) >= 11 is 0. The van der Waals surface area contributed by atoms with E-state index in [4.69, 9.17) is 9.98 Å². The average Bonchev–Trinajstić information content (AvgIpc) is 3.87. The van der Waals surface area contributed by atoms with Crippen LogP contribution >= 0.6 is 0 Å². The number of aromatic nitrogens is 1. The van der Waals surface area contributed by atoms with Gasteiger partial charge in [0.1, 0.15) is 6.04 Å². The minimum atomic E-state index is -0.150. The van der Waals surface area contributed by atoms with Crippen molar-refractivity contribution in [3.63, 3.8) is 0 Å². The number of H-pyrrole nitrogens is 1. The summed E-state index contributed by atoms with van der Waals surface area (Å²) in [5.74, 6) is 0. The number of rotatable bonds is 9. The molecule has 3 aromatic rings. The van der Waals surface area contributed by atoms with Crippen LogP contribution in [-0.4, -0.2) is 35.5 Å². The van der Waals surface area contributed by atoms with E-state index >= 15 is 0 Å². The van der Waals surface area contributed by atoms with Crippen LogP contribution in [0.5, 0.6) is 0 Å². The van der Waals surface area contributed by atoms with Crippen LogP contribution in [0.25, 0.3) is 11.1 Å². The first-order chi connectivity index (χ1) is 24.2. The number of benzene rings is 2. The summed E-state index contributed by atoms with van der Waals surface area (Å²) in [6.45, 7) is 19.5. The monoisotopic (exact) mass is 664 g/mol. The molecule has 8 bridgehead atoms. The molecule has 7 rings (SSSR count). The third-order valence-electron chi connectivity index (χ3n) is 10.3. The second-order valence-corrected chi connectivity index (χ2v) is 14.5. The number of nitrogens with one attached hydrogen (secondary N) is 4. The predicted molar refractivity (Wildman–Crippen MR) is 211 cm³/mol. The van der Waals surface area contributed by atoms with Crippen LogP contribution in [0.3, 0.4) is 0 Å². The maximum absolute atomic E-state index is 5.55.